The topological polar surface area (TPSA) is 24.5 Å². The van der Waals surface area contributed by atoms with Crippen molar-refractivity contribution < 1.29 is 4.74 Å². The predicted octanol–water partition coefficient (Wildman–Crippen LogP) is 3.57. The second-order valence-corrected chi connectivity index (χ2v) is 7.53. The van der Waals surface area contributed by atoms with Gasteiger partial charge in [0.05, 0.1) is 13.2 Å². The molecule has 0 unspecified atom stereocenters. The van der Waals surface area contributed by atoms with Gasteiger partial charge in [-0.15, -0.1) is 0 Å². The first-order chi connectivity index (χ1) is 10.8. The molecule has 0 bridgehead atoms. The highest BCUT2D eigenvalue weighted by atomic mass is 79.9. The van der Waals surface area contributed by atoms with Gasteiger partial charge < -0.3 is 10.1 Å². The van der Waals surface area contributed by atoms with E-state index in [4.69, 9.17) is 4.74 Å². The van der Waals surface area contributed by atoms with E-state index >= 15 is 0 Å². The van der Waals surface area contributed by atoms with E-state index in [9.17, 15) is 0 Å². The number of morpholine rings is 1. The summed E-state index contributed by atoms with van der Waals surface area (Å²) in [6, 6.07) is 8.63. The van der Waals surface area contributed by atoms with E-state index in [-0.39, 0.29) is 0 Å². The minimum absolute atomic E-state index is 0.359. The lowest BCUT2D eigenvalue weighted by Crippen LogP contribution is -2.59. The Bertz CT molecular complexity index is 451. The molecule has 1 aromatic rings. The molecule has 1 aliphatic heterocycles. The van der Waals surface area contributed by atoms with Gasteiger partial charge in [0.15, 0.2) is 0 Å². The van der Waals surface area contributed by atoms with Crippen molar-refractivity contribution in [3.05, 3.63) is 34.3 Å². The Hall–Kier alpha value is -0.420. The normalized spacial score (nSPS) is 22.6. The second kappa shape index (κ2) is 7.91. The van der Waals surface area contributed by atoms with E-state index in [1.807, 2.05) is 0 Å². The molecule has 0 atom stereocenters. The number of hydrogen-bond acceptors (Lipinski definition) is 3. The highest BCUT2D eigenvalue weighted by Crippen LogP contribution is 2.33. The van der Waals surface area contributed by atoms with E-state index in [1.54, 1.807) is 0 Å². The summed E-state index contributed by atoms with van der Waals surface area (Å²) in [6.07, 6.45) is 6.81. The van der Waals surface area contributed by atoms with Gasteiger partial charge in [-0.1, -0.05) is 47.3 Å². The average Bonchev–Trinajstić information content (AvgIpc) is 2.58. The van der Waals surface area contributed by atoms with Gasteiger partial charge >= 0.3 is 0 Å². The summed E-state index contributed by atoms with van der Waals surface area (Å²) in [5, 5.41) is 3.73. The molecule has 1 saturated carbocycles. The van der Waals surface area contributed by atoms with Crippen LogP contribution in [0.4, 0.5) is 0 Å². The molecular formula is C18H27BrN2O. The molecule has 0 aromatic heterocycles. The maximum atomic E-state index is 5.55. The van der Waals surface area contributed by atoms with E-state index in [0.29, 0.717) is 5.54 Å². The van der Waals surface area contributed by atoms with Gasteiger partial charge in [0.1, 0.15) is 0 Å². The summed E-state index contributed by atoms with van der Waals surface area (Å²) in [5.74, 6) is 0. The van der Waals surface area contributed by atoms with Gasteiger partial charge in [0.25, 0.3) is 0 Å². The molecule has 2 aliphatic rings. The lowest BCUT2D eigenvalue weighted by Gasteiger charge is -2.48. The third kappa shape index (κ3) is 4.10. The number of benzene rings is 1. The molecule has 3 rings (SSSR count). The van der Waals surface area contributed by atoms with E-state index in [1.165, 1.54) is 37.7 Å². The van der Waals surface area contributed by atoms with Crippen molar-refractivity contribution in [3.63, 3.8) is 0 Å². The maximum absolute atomic E-state index is 5.55. The van der Waals surface area contributed by atoms with Crippen molar-refractivity contribution in [1.82, 2.24) is 10.2 Å². The van der Waals surface area contributed by atoms with Crippen LogP contribution in [0.25, 0.3) is 0 Å². The molecule has 22 heavy (non-hydrogen) atoms. The smallest absolute Gasteiger partial charge is 0.0594 e. The first-order valence-corrected chi connectivity index (χ1v) is 9.36. The van der Waals surface area contributed by atoms with Crippen molar-refractivity contribution in [2.45, 2.75) is 44.2 Å². The number of ether oxygens (including phenoxy) is 1. The Balaban J connectivity index is 1.58. The van der Waals surface area contributed by atoms with Crippen molar-refractivity contribution in [2.75, 3.05) is 32.8 Å². The quantitative estimate of drug-likeness (QED) is 0.861. The molecule has 0 radical (unpaired) electrons. The average molecular weight is 367 g/mol. The summed E-state index contributed by atoms with van der Waals surface area (Å²) in [5.41, 5.74) is 1.72. The molecule has 1 heterocycles. The fourth-order valence-corrected chi connectivity index (χ4v) is 4.16. The van der Waals surface area contributed by atoms with Crippen LogP contribution >= 0.6 is 15.9 Å². The number of nitrogens with one attached hydrogen (secondary N) is 1. The van der Waals surface area contributed by atoms with Crippen LogP contribution < -0.4 is 5.32 Å². The van der Waals surface area contributed by atoms with Crippen LogP contribution in [0.2, 0.25) is 0 Å². The van der Waals surface area contributed by atoms with Crippen molar-refractivity contribution in [3.8, 4) is 0 Å². The minimum atomic E-state index is 0.359. The molecular weight excluding hydrogens is 340 g/mol. The van der Waals surface area contributed by atoms with Crippen molar-refractivity contribution >= 4 is 15.9 Å². The van der Waals surface area contributed by atoms with Gasteiger partial charge in [0, 0.05) is 36.2 Å². The van der Waals surface area contributed by atoms with Crippen molar-refractivity contribution in [1.29, 1.82) is 0 Å². The number of rotatable bonds is 5. The van der Waals surface area contributed by atoms with E-state index in [0.717, 1.165) is 43.9 Å². The third-order valence-electron chi connectivity index (χ3n) is 5.16. The highest BCUT2D eigenvalue weighted by Gasteiger charge is 2.38. The Morgan fingerprint density at radius 1 is 1.05 bits per heavy atom. The SMILES string of the molecule is Brc1ccc(CNCC2(N3CCOCC3)CCCCC2)cc1. The van der Waals surface area contributed by atoms with E-state index in [2.05, 4.69) is 50.4 Å². The zero-order valence-corrected chi connectivity index (χ0v) is 14.9. The van der Waals surface area contributed by atoms with Crippen LogP contribution in [0.1, 0.15) is 37.7 Å². The number of nitrogens with zero attached hydrogens (tertiary/aromatic N) is 1. The largest absolute Gasteiger partial charge is 0.379 e. The number of hydrogen-bond donors (Lipinski definition) is 1. The molecule has 3 nitrogen and oxygen atoms in total. The van der Waals surface area contributed by atoms with Crippen LogP contribution in [0.5, 0.6) is 0 Å². The van der Waals surface area contributed by atoms with Crippen LogP contribution in [-0.4, -0.2) is 43.3 Å². The Morgan fingerprint density at radius 3 is 2.41 bits per heavy atom. The number of halogens is 1. The predicted molar refractivity (Wildman–Crippen MR) is 94.1 cm³/mol. The highest BCUT2D eigenvalue weighted by molar-refractivity contribution is 9.10. The first-order valence-electron chi connectivity index (χ1n) is 8.57. The Kier molecular flexibility index (Phi) is 5.91. The summed E-state index contributed by atoms with van der Waals surface area (Å²) in [6.45, 7) is 6.05. The van der Waals surface area contributed by atoms with Crippen LogP contribution in [0, 0.1) is 0 Å². The maximum Gasteiger partial charge on any atom is 0.0594 e. The van der Waals surface area contributed by atoms with E-state index < -0.39 is 0 Å². The zero-order valence-electron chi connectivity index (χ0n) is 13.3. The fourth-order valence-electron chi connectivity index (χ4n) is 3.89. The summed E-state index contributed by atoms with van der Waals surface area (Å²) in [7, 11) is 0. The minimum Gasteiger partial charge on any atom is -0.379 e. The van der Waals surface area contributed by atoms with Gasteiger partial charge in [0.2, 0.25) is 0 Å². The van der Waals surface area contributed by atoms with Gasteiger partial charge in [-0.3, -0.25) is 4.90 Å². The van der Waals surface area contributed by atoms with Crippen molar-refractivity contribution in [2.24, 2.45) is 0 Å². The third-order valence-corrected chi connectivity index (χ3v) is 5.69. The summed E-state index contributed by atoms with van der Waals surface area (Å²) in [4.78, 5) is 2.70. The molecule has 122 valence electrons. The van der Waals surface area contributed by atoms with Gasteiger partial charge in [-0.2, -0.15) is 0 Å². The first kappa shape index (κ1) is 16.4. The van der Waals surface area contributed by atoms with Gasteiger partial charge in [-0.25, -0.2) is 0 Å². The summed E-state index contributed by atoms with van der Waals surface area (Å²) < 4.78 is 6.70. The standard InChI is InChI=1S/C18H27BrN2O/c19-17-6-4-16(5-7-17)14-20-15-18(8-2-1-3-9-18)21-10-12-22-13-11-21/h4-7,20H,1-3,8-15H2. The molecule has 0 spiro atoms. The molecule has 2 fully saturated rings. The monoisotopic (exact) mass is 366 g/mol. The lowest BCUT2D eigenvalue weighted by atomic mass is 9.79. The zero-order chi connectivity index (χ0) is 15.3. The summed E-state index contributed by atoms with van der Waals surface area (Å²) >= 11 is 3.50. The molecule has 4 heteroatoms. The molecule has 1 aliphatic carbocycles. The Labute approximate surface area is 142 Å². The molecule has 0 amide bonds. The fraction of sp³-hybridized carbons (Fsp3) is 0.667. The molecule has 1 aromatic carbocycles. The molecule has 1 N–H and O–H groups in total. The van der Waals surface area contributed by atoms with Crippen LogP contribution in [-0.2, 0) is 11.3 Å². The van der Waals surface area contributed by atoms with Crippen LogP contribution in [0.15, 0.2) is 28.7 Å². The van der Waals surface area contributed by atoms with Gasteiger partial charge in [-0.05, 0) is 30.5 Å². The second-order valence-electron chi connectivity index (χ2n) is 6.61. The Morgan fingerprint density at radius 2 is 1.73 bits per heavy atom. The van der Waals surface area contributed by atoms with Crippen LogP contribution in [0.3, 0.4) is 0 Å². The lowest BCUT2D eigenvalue weighted by molar-refractivity contribution is -0.0369. The molecule has 1 saturated heterocycles.